The number of ether oxygens (including phenoxy) is 1. The van der Waals surface area contributed by atoms with Gasteiger partial charge in [0.15, 0.2) is 5.82 Å². The monoisotopic (exact) mass is 521 g/mol. The molecule has 0 amide bonds. The third-order valence-corrected chi connectivity index (χ3v) is 7.85. The SMILES string of the molecule is O=c1[nH]c(-c2ccc(N3[C@@H]4CC[C@H]3CC(OCc3c(-c5c(F)cccc5F)noc3C3CC3)C4)nc2)no1. The highest BCUT2D eigenvalue weighted by atomic mass is 19.1. The summed E-state index contributed by atoms with van der Waals surface area (Å²) in [5, 5.41) is 7.79. The number of piperidine rings is 1. The molecule has 3 fully saturated rings. The molecular weight excluding hydrogens is 496 g/mol. The average molecular weight is 522 g/mol. The van der Waals surface area contributed by atoms with E-state index in [-0.39, 0.29) is 42.0 Å². The molecule has 2 saturated heterocycles. The molecule has 1 aromatic carbocycles. The predicted octanol–water partition coefficient (Wildman–Crippen LogP) is 4.95. The maximum Gasteiger partial charge on any atom is 0.439 e. The molecule has 5 heterocycles. The topological polar surface area (TPSA) is 110 Å². The van der Waals surface area contributed by atoms with E-state index in [0.717, 1.165) is 44.3 Å². The number of rotatable bonds is 7. The molecule has 11 heteroatoms. The summed E-state index contributed by atoms with van der Waals surface area (Å²) in [6, 6.07) is 8.15. The van der Waals surface area contributed by atoms with Gasteiger partial charge in [-0.3, -0.25) is 9.51 Å². The van der Waals surface area contributed by atoms with E-state index in [1.165, 1.54) is 18.2 Å². The Morgan fingerprint density at radius 1 is 1.00 bits per heavy atom. The molecule has 0 spiro atoms. The molecule has 1 aliphatic carbocycles. The minimum atomic E-state index is -0.665. The number of anilines is 1. The molecule has 196 valence electrons. The number of aromatic amines is 1. The first-order valence-corrected chi connectivity index (χ1v) is 12.9. The first kappa shape index (κ1) is 23.3. The summed E-state index contributed by atoms with van der Waals surface area (Å²) in [5.41, 5.74) is 1.35. The Bertz CT molecular complexity index is 1490. The minimum absolute atomic E-state index is 0.00324. The summed E-state index contributed by atoms with van der Waals surface area (Å²) in [5.74, 6) is 0.192. The molecule has 7 rings (SSSR count). The van der Waals surface area contributed by atoms with E-state index in [4.69, 9.17) is 9.26 Å². The van der Waals surface area contributed by atoms with Crippen molar-refractivity contribution in [1.82, 2.24) is 20.3 Å². The van der Waals surface area contributed by atoms with Gasteiger partial charge in [0.1, 0.15) is 28.9 Å². The standard InChI is InChI=1S/C27H25F2N5O4/c28-20-2-1-3-21(29)23(20)24-19(25(37-32-24)14-4-5-14)13-36-18-10-16-7-8-17(11-18)34(16)22-9-6-15(12-30-22)26-31-27(35)38-33-26/h1-3,6,9,12,14,16-18H,4-5,7-8,10-11,13H2,(H,31,33,35)/t16-,17+,18?. The fourth-order valence-electron chi connectivity index (χ4n) is 5.92. The Hall–Kier alpha value is -3.86. The van der Waals surface area contributed by atoms with Crippen LogP contribution >= 0.6 is 0 Å². The van der Waals surface area contributed by atoms with Crippen molar-refractivity contribution >= 4 is 5.82 Å². The normalized spacial score (nSPS) is 22.8. The second kappa shape index (κ2) is 9.16. The van der Waals surface area contributed by atoms with Crippen LogP contribution in [0.4, 0.5) is 14.6 Å². The molecule has 3 atom stereocenters. The van der Waals surface area contributed by atoms with Crippen molar-refractivity contribution in [3.8, 4) is 22.6 Å². The Balaban J connectivity index is 1.07. The van der Waals surface area contributed by atoms with Gasteiger partial charge in [-0.25, -0.2) is 18.6 Å². The largest absolute Gasteiger partial charge is 0.439 e. The first-order chi connectivity index (χ1) is 18.5. The van der Waals surface area contributed by atoms with Crippen LogP contribution in [0.5, 0.6) is 0 Å². The fourth-order valence-corrected chi connectivity index (χ4v) is 5.92. The molecular formula is C27H25F2N5O4. The van der Waals surface area contributed by atoms with Gasteiger partial charge in [-0.15, -0.1) is 0 Å². The van der Waals surface area contributed by atoms with Gasteiger partial charge in [0, 0.05) is 35.3 Å². The number of hydrogen-bond acceptors (Lipinski definition) is 8. The average Bonchev–Trinajstić information content (AvgIpc) is 3.44. The number of pyridine rings is 1. The molecule has 0 radical (unpaired) electrons. The zero-order chi connectivity index (χ0) is 25.8. The molecule has 2 aliphatic heterocycles. The summed E-state index contributed by atoms with van der Waals surface area (Å²) in [6.07, 6.45) is 7.36. The molecule has 4 aromatic rings. The summed E-state index contributed by atoms with van der Waals surface area (Å²) in [6.45, 7) is 0.200. The maximum absolute atomic E-state index is 14.6. The molecule has 9 nitrogen and oxygen atoms in total. The zero-order valence-corrected chi connectivity index (χ0v) is 20.4. The van der Waals surface area contributed by atoms with E-state index < -0.39 is 17.4 Å². The van der Waals surface area contributed by atoms with Crippen molar-refractivity contribution in [3.05, 3.63) is 70.0 Å². The third-order valence-electron chi connectivity index (χ3n) is 7.85. The number of fused-ring (bicyclic) bond motifs is 2. The van der Waals surface area contributed by atoms with Crippen molar-refractivity contribution in [2.24, 2.45) is 0 Å². The molecule has 38 heavy (non-hydrogen) atoms. The van der Waals surface area contributed by atoms with Gasteiger partial charge in [-0.2, -0.15) is 0 Å². The molecule has 1 N–H and O–H groups in total. The van der Waals surface area contributed by atoms with E-state index in [1.54, 1.807) is 6.20 Å². The zero-order valence-electron chi connectivity index (χ0n) is 20.4. The number of nitrogens with one attached hydrogen (secondary N) is 1. The van der Waals surface area contributed by atoms with Crippen molar-refractivity contribution in [2.75, 3.05) is 4.90 Å². The van der Waals surface area contributed by atoms with Crippen molar-refractivity contribution in [3.63, 3.8) is 0 Å². The lowest BCUT2D eigenvalue weighted by Gasteiger charge is -2.39. The smallest absolute Gasteiger partial charge is 0.373 e. The Morgan fingerprint density at radius 3 is 2.39 bits per heavy atom. The highest BCUT2D eigenvalue weighted by Gasteiger charge is 2.42. The van der Waals surface area contributed by atoms with Crippen LogP contribution in [0.1, 0.15) is 55.8 Å². The van der Waals surface area contributed by atoms with Gasteiger partial charge >= 0.3 is 5.76 Å². The number of aromatic nitrogens is 4. The number of benzene rings is 1. The molecule has 3 aromatic heterocycles. The van der Waals surface area contributed by atoms with E-state index in [2.05, 4.69) is 29.7 Å². The quantitative estimate of drug-likeness (QED) is 0.364. The number of halogens is 2. The van der Waals surface area contributed by atoms with Crippen molar-refractivity contribution in [2.45, 2.75) is 69.2 Å². The van der Waals surface area contributed by atoms with E-state index in [0.29, 0.717) is 22.7 Å². The van der Waals surface area contributed by atoms with E-state index >= 15 is 0 Å². The summed E-state index contributed by atoms with van der Waals surface area (Å²) in [4.78, 5) is 20.8. The fraction of sp³-hybridized carbons (Fsp3) is 0.407. The highest BCUT2D eigenvalue weighted by molar-refractivity contribution is 5.65. The van der Waals surface area contributed by atoms with Crippen molar-refractivity contribution < 1.29 is 22.6 Å². The summed E-state index contributed by atoms with van der Waals surface area (Å²) in [7, 11) is 0. The van der Waals surface area contributed by atoms with Crippen LogP contribution in [0.25, 0.3) is 22.6 Å². The Kier molecular flexibility index (Phi) is 5.61. The van der Waals surface area contributed by atoms with Gasteiger partial charge in [0.25, 0.3) is 0 Å². The third kappa shape index (κ3) is 4.10. The lowest BCUT2D eigenvalue weighted by molar-refractivity contribution is 0.0146. The van der Waals surface area contributed by atoms with E-state index in [1.807, 2.05) is 12.1 Å². The Labute approximate surface area is 215 Å². The summed E-state index contributed by atoms with van der Waals surface area (Å²) < 4.78 is 45.7. The molecule has 1 unspecified atom stereocenters. The lowest BCUT2D eigenvalue weighted by atomic mass is 9.99. The van der Waals surface area contributed by atoms with Gasteiger partial charge in [-0.1, -0.05) is 16.4 Å². The van der Waals surface area contributed by atoms with Crippen molar-refractivity contribution in [1.29, 1.82) is 0 Å². The van der Waals surface area contributed by atoms with Crippen LogP contribution in [0, 0.1) is 11.6 Å². The number of nitrogens with zero attached hydrogens (tertiary/aromatic N) is 4. The van der Waals surface area contributed by atoms with Crippen LogP contribution in [-0.2, 0) is 11.3 Å². The number of hydrogen-bond donors (Lipinski definition) is 1. The van der Waals surface area contributed by atoms with Crippen LogP contribution in [0.2, 0.25) is 0 Å². The second-order valence-corrected chi connectivity index (χ2v) is 10.3. The predicted molar refractivity (Wildman–Crippen MR) is 131 cm³/mol. The first-order valence-electron chi connectivity index (χ1n) is 12.9. The summed E-state index contributed by atoms with van der Waals surface area (Å²) >= 11 is 0. The minimum Gasteiger partial charge on any atom is -0.373 e. The second-order valence-electron chi connectivity index (χ2n) is 10.3. The maximum atomic E-state index is 14.6. The van der Waals surface area contributed by atoms with Gasteiger partial charge in [0.05, 0.1) is 18.3 Å². The molecule has 2 bridgehead atoms. The van der Waals surface area contributed by atoms with Crippen LogP contribution in [-0.4, -0.2) is 38.5 Å². The molecule has 3 aliphatic rings. The van der Waals surface area contributed by atoms with Crippen LogP contribution < -0.4 is 10.7 Å². The van der Waals surface area contributed by atoms with Crippen LogP contribution in [0.3, 0.4) is 0 Å². The van der Waals surface area contributed by atoms with Gasteiger partial charge in [-0.05, 0) is 62.8 Å². The molecule has 1 saturated carbocycles. The van der Waals surface area contributed by atoms with Gasteiger partial charge < -0.3 is 14.2 Å². The van der Waals surface area contributed by atoms with Crippen LogP contribution in [0.15, 0.2) is 50.4 Å². The highest BCUT2D eigenvalue weighted by Crippen LogP contribution is 2.45. The Morgan fingerprint density at radius 2 is 1.76 bits per heavy atom. The lowest BCUT2D eigenvalue weighted by Crippen LogP contribution is -2.46. The van der Waals surface area contributed by atoms with E-state index in [9.17, 15) is 13.6 Å². The van der Waals surface area contributed by atoms with Gasteiger partial charge in [0.2, 0.25) is 0 Å². The number of H-pyrrole nitrogens is 1.